The third-order valence-electron chi connectivity index (χ3n) is 3.33. The van der Waals surface area contributed by atoms with Gasteiger partial charge >= 0.3 is 0 Å². The lowest BCUT2D eigenvalue weighted by molar-refractivity contribution is -0.122. The molecule has 0 spiro atoms. The summed E-state index contributed by atoms with van der Waals surface area (Å²) in [5.41, 5.74) is 9.02. The van der Waals surface area contributed by atoms with Crippen molar-refractivity contribution in [3.05, 3.63) is 51.5 Å². The summed E-state index contributed by atoms with van der Waals surface area (Å²) < 4.78 is 5.59. The maximum atomic E-state index is 12.3. The Morgan fingerprint density at radius 2 is 1.91 bits per heavy atom. The molecule has 0 saturated heterocycles. The Morgan fingerprint density at radius 1 is 1.22 bits per heavy atom. The molecule has 4 nitrogen and oxygen atoms in total. The highest BCUT2D eigenvalue weighted by Crippen LogP contribution is 2.29. The van der Waals surface area contributed by atoms with Crippen molar-refractivity contribution in [2.75, 3.05) is 11.1 Å². The van der Waals surface area contributed by atoms with Crippen molar-refractivity contribution in [1.29, 1.82) is 0 Å². The number of aryl methyl sites for hydroxylation is 2. The number of hydrogen-bond acceptors (Lipinski definition) is 3. The molecule has 0 fully saturated rings. The topological polar surface area (TPSA) is 64.3 Å². The molecule has 0 aliphatic carbocycles. The number of nitrogens with one attached hydrogen (secondary N) is 1. The van der Waals surface area contributed by atoms with E-state index < -0.39 is 6.10 Å². The number of carbonyl (C=O) groups is 1. The van der Waals surface area contributed by atoms with Crippen molar-refractivity contribution in [2.24, 2.45) is 0 Å². The largest absolute Gasteiger partial charge is 0.479 e. The number of amides is 1. The smallest absolute Gasteiger partial charge is 0.265 e. The summed E-state index contributed by atoms with van der Waals surface area (Å²) in [5, 5.41) is 3.65. The molecule has 2 aromatic rings. The van der Waals surface area contributed by atoms with Crippen molar-refractivity contribution in [1.82, 2.24) is 0 Å². The van der Waals surface area contributed by atoms with Crippen LogP contribution >= 0.6 is 23.2 Å². The predicted molar refractivity (Wildman–Crippen MR) is 95.5 cm³/mol. The Bertz CT molecular complexity index is 724. The fraction of sp³-hybridized carbons (Fsp3) is 0.235. The van der Waals surface area contributed by atoms with Gasteiger partial charge in [-0.15, -0.1) is 0 Å². The molecule has 0 aliphatic heterocycles. The van der Waals surface area contributed by atoms with Crippen molar-refractivity contribution in [3.8, 4) is 5.75 Å². The second kappa shape index (κ2) is 7.11. The van der Waals surface area contributed by atoms with E-state index in [1.807, 2.05) is 26.0 Å². The number of nitrogen functional groups attached to an aromatic ring is 1. The molecule has 0 aromatic heterocycles. The van der Waals surface area contributed by atoms with E-state index in [-0.39, 0.29) is 5.91 Å². The summed E-state index contributed by atoms with van der Waals surface area (Å²) in [6.45, 7) is 5.48. The van der Waals surface area contributed by atoms with Crippen LogP contribution in [-0.2, 0) is 4.79 Å². The molecule has 1 atom stereocenters. The fourth-order valence-electron chi connectivity index (χ4n) is 2.21. The van der Waals surface area contributed by atoms with Crippen LogP contribution in [0.25, 0.3) is 0 Å². The summed E-state index contributed by atoms with van der Waals surface area (Å²) >= 11 is 11.9. The molecule has 23 heavy (non-hydrogen) atoms. The molecule has 0 heterocycles. The van der Waals surface area contributed by atoms with Gasteiger partial charge in [0.05, 0.1) is 16.4 Å². The Labute approximate surface area is 145 Å². The second-order valence-corrected chi connectivity index (χ2v) is 6.21. The SMILES string of the molecule is Cc1cc(C)c(NC(=O)[C@@H](C)Oc2ccc(Cl)cc2Cl)c(N)c1. The number of nitrogens with two attached hydrogens (primary N) is 1. The molecule has 2 rings (SSSR count). The molecule has 2 aromatic carbocycles. The zero-order valence-corrected chi connectivity index (χ0v) is 14.6. The minimum atomic E-state index is -0.742. The number of anilines is 2. The molecule has 122 valence electrons. The Morgan fingerprint density at radius 3 is 2.52 bits per heavy atom. The maximum Gasteiger partial charge on any atom is 0.265 e. The van der Waals surface area contributed by atoms with Crippen LogP contribution in [0.3, 0.4) is 0 Å². The third-order valence-corrected chi connectivity index (χ3v) is 3.86. The van der Waals surface area contributed by atoms with Crippen LogP contribution in [0.1, 0.15) is 18.1 Å². The van der Waals surface area contributed by atoms with E-state index in [0.29, 0.717) is 27.2 Å². The van der Waals surface area contributed by atoms with Gasteiger partial charge in [-0.25, -0.2) is 0 Å². The third kappa shape index (κ3) is 4.30. The number of rotatable bonds is 4. The predicted octanol–water partition coefficient (Wildman–Crippen LogP) is 4.60. The normalized spacial score (nSPS) is 11.9. The first-order chi connectivity index (χ1) is 10.8. The van der Waals surface area contributed by atoms with E-state index in [2.05, 4.69) is 5.32 Å². The molecule has 0 unspecified atom stereocenters. The van der Waals surface area contributed by atoms with Crippen molar-refractivity contribution < 1.29 is 9.53 Å². The van der Waals surface area contributed by atoms with Crippen LogP contribution in [0, 0.1) is 13.8 Å². The minimum absolute atomic E-state index is 0.310. The van der Waals surface area contributed by atoms with Gasteiger partial charge < -0.3 is 15.8 Å². The zero-order valence-electron chi connectivity index (χ0n) is 13.1. The van der Waals surface area contributed by atoms with Gasteiger partial charge in [0.15, 0.2) is 6.10 Å². The standard InChI is InChI=1S/C17H18Cl2N2O2/c1-9-6-10(2)16(14(20)7-9)21-17(22)11(3)23-15-5-4-12(18)8-13(15)19/h4-8,11H,20H2,1-3H3,(H,21,22)/t11-/m1/s1. The summed E-state index contributed by atoms with van der Waals surface area (Å²) in [6.07, 6.45) is -0.742. The lowest BCUT2D eigenvalue weighted by Gasteiger charge is -2.18. The van der Waals surface area contributed by atoms with E-state index in [1.54, 1.807) is 25.1 Å². The summed E-state index contributed by atoms with van der Waals surface area (Å²) in [5.74, 6) is 0.0852. The van der Waals surface area contributed by atoms with Crippen LogP contribution in [0.2, 0.25) is 10.0 Å². The van der Waals surface area contributed by atoms with Crippen LogP contribution in [0.4, 0.5) is 11.4 Å². The molecule has 1 amide bonds. The second-order valence-electron chi connectivity index (χ2n) is 5.37. The number of hydrogen-bond donors (Lipinski definition) is 2. The molecule has 3 N–H and O–H groups in total. The van der Waals surface area contributed by atoms with Crippen LogP contribution in [0.5, 0.6) is 5.75 Å². The molecular weight excluding hydrogens is 335 g/mol. The lowest BCUT2D eigenvalue weighted by Crippen LogP contribution is -2.30. The van der Waals surface area contributed by atoms with Crippen LogP contribution < -0.4 is 15.8 Å². The fourth-order valence-corrected chi connectivity index (χ4v) is 2.66. The number of halogens is 2. The first-order valence-electron chi connectivity index (χ1n) is 7.07. The average molecular weight is 353 g/mol. The molecule has 6 heteroatoms. The molecular formula is C17H18Cl2N2O2. The molecule has 0 aliphatic rings. The minimum Gasteiger partial charge on any atom is -0.479 e. The monoisotopic (exact) mass is 352 g/mol. The lowest BCUT2D eigenvalue weighted by atomic mass is 10.1. The number of ether oxygens (including phenoxy) is 1. The van der Waals surface area contributed by atoms with Crippen molar-refractivity contribution in [2.45, 2.75) is 26.9 Å². The van der Waals surface area contributed by atoms with E-state index in [0.717, 1.165) is 11.1 Å². The Balaban J connectivity index is 2.11. The van der Waals surface area contributed by atoms with Gasteiger partial charge in [-0.05, 0) is 56.2 Å². The Kier molecular flexibility index (Phi) is 5.39. The van der Waals surface area contributed by atoms with Gasteiger partial charge in [0.2, 0.25) is 0 Å². The summed E-state index contributed by atoms with van der Waals surface area (Å²) in [6, 6.07) is 8.60. The molecule has 0 radical (unpaired) electrons. The zero-order chi connectivity index (χ0) is 17.1. The van der Waals surface area contributed by atoms with Crippen molar-refractivity contribution >= 4 is 40.5 Å². The van der Waals surface area contributed by atoms with Crippen LogP contribution in [0.15, 0.2) is 30.3 Å². The first kappa shape index (κ1) is 17.4. The van der Waals surface area contributed by atoms with E-state index in [1.165, 1.54) is 0 Å². The maximum absolute atomic E-state index is 12.3. The highest BCUT2D eigenvalue weighted by atomic mass is 35.5. The molecule has 0 bridgehead atoms. The number of benzene rings is 2. The van der Waals surface area contributed by atoms with E-state index >= 15 is 0 Å². The first-order valence-corrected chi connectivity index (χ1v) is 7.83. The highest BCUT2D eigenvalue weighted by molar-refractivity contribution is 6.35. The summed E-state index contributed by atoms with van der Waals surface area (Å²) in [7, 11) is 0. The van der Waals surface area contributed by atoms with Gasteiger partial charge in [0.1, 0.15) is 5.75 Å². The van der Waals surface area contributed by atoms with Gasteiger partial charge in [0, 0.05) is 5.02 Å². The number of carbonyl (C=O) groups excluding carboxylic acids is 1. The van der Waals surface area contributed by atoms with Gasteiger partial charge in [-0.1, -0.05) is 29.3 Å². The van der Waals surface area contributed by atoms with E-state index in [9.17, 15) is 4.79 Å². The highest BCUT2D eigenvalue weighted by Gasteiger charge is 2.18. The van der Waals surface area contributed by atoms with Crippen LogP contribution in [-0.4, -0.2) is 12.0 Å². The van der Waals surface area contributed by atoms with Gasteiger partial charge in [0.25, 0.3) is 5.91 Å². The quantitative estimate of drug-likeness (QED) is 0.790. The molecule has 0 saturated carbocycles. The van der Waals surface area contributed by atoms with Gasteiger partial charge in [-0.3, -0.25) is 4.79 Å². The summed E-state index contributed by atoms with van der Waals surface area (Å²) in [4.78, 5) is 12.3. The average Bonchev–Trinajstić information content (AvgIpc) is 2.45. The van der Waals surface area contributed by atoms with Crippen molar-refractivity contribution in [3.63, 3.8) is 0 Å². The Hall–Kier alpha value is -1.91. The van der Waals surface area contributed by atoms with E-state index in [4.69, 9.17) is 33.7 Å². The van der Waals surface area contributed by atoms with Gasteiger partial charge in [-0.2, -0.15) is 0 Å².